The molecular formula is C18H19N3O7S. The first-order valence-electron chi connectivity index (χ1n) is 8.43. The predicted molar refractivity (Wildman–Crippen MR) is 103 cm³/mol. The molecule has 0 atom stereocenters. The van der Waals surface area contributed by atoms with Crippen molar-refractivity contribution >= 4 is 27.7 Å². The number of para-hydroxylation sites is 1. The molecule has 2 amide bonds. The molecule has 0 unspecified atom stereocenters. The number of rotatable bonds is 5. The summed E-state index contributed by atoms with van der Waals surface area (Å²) in [7, 11) is -2.54. The fourth-order valence-electron chi connectivity index (χ4n) is 2.45. The average Bonchev–Trinajstić information content (AvgIpc) is 2.88. The zero-order valence-corrected chi connectivity index (χ0v) is 16.5. The molecule has 0 N–H and O–H groups in total. The summed E-state index contributed by atoms with van der Waals surface area (Å²) in [4.78, 5) is 32.9. The summed E-state index contributed by atoms with van der Waals surface area (Å²) >= 11 is 0. The van der Waals surface area contributed by atoms with E-state index in [2.05, 4.69) is 0 Å². The monoisotopic (exact) mass is 421 g/mol. The number of nitro benzene ring substituents is 1. The van der Waals surface area contributed by atoms with Crippen molar-refractivity contribution in [1.82, 2.24) is 8.61 Å². The zero-order chi connectivity index (χ0) is 21.6. The van der Waals surface area contributed by atoms with E-state index in [1.165, 1.54) is 26.2 Å². The number of non-ortho nitro benzene ring substituents is 1. The van der Waals surface area contributed by atoms with E-state index in [0.717, 1.165) is 0 Å². The SMILES string of the molecule is CCN1C(=O)C(=O)N(Cc2ccc(OC)cc2)S1(=O)=O.O=[N+]([O-])c1ccccc1. The van der Waals surface area contributed by atoms with Gasteiger partial charge in [-0.1, -0.05) is 30.3 Å². The third-order valence-electron chi connectivity index (χ3n) is 3.93. The maximum Gasteiger partial charge on any atom is 0.331 e. The van der Waals surface area contributed by atoms with Crippen LogP contribution in [0.3, 0.4) is 0 Å². The van der Waals surface area contributed by atoms with Crippen molar-refractivity contribution in [3.63, 3.8) is 0 Å². The van der Waals surface area contributed by atoms with Gasteiger partial charge in [0.25, 0.3) is 5.69 Å². The first-order chi connectivity index (χ1) is 13.7. The lowest BCUT2D eigenvalue weighted by atomic mass is 10.2. The topological polar surface area (TPSA) is 127 Å². The minimum absolute atomic E-state index is 0.0635. The Kier molecular flexibility index (Phi) is 6.89. The summed E-state index contributed by atoms with van der Waals surface area (Å²) in [6, 6.07) is 14.5. The molecule has 0 saturated carbocycles. The second-order valence-electron chi connectivity index (χ2n) is 5.73. The van der Waals surface area contributed by atoms with Crippen molar-refractivity contribution in [3.05, 3.63) is 70.3 Å². The minimum Gasteiger partial charge on any atom is -0.497 e. The van der Waals surface area contributed by atoms with Crippen LogP contribution < -0.4 is 4.74 Å². The van der Waals surface area contributed by atoms with E-state index in [1.54, 1.807) is 42.5 Å². The van der Waals surface area contributed by atoms with Crippen LogP contribution in [0.1, 0.15) is 12.5 Å². The molecule has 2 aromatic carbocycles. The van der Waals surface area contributed by atoms with Crippen molar-refractivity contribution in [3.8, 4) is 5.75 Å². The fourth-order valence-corrected chi connectivity index (χ4v) is 3.90. The number of ether oxygens (including phenoxy) is 1. The van der Waals surface area contributed by atoms with Crippen LogP contribution in [0, 0.1) is 10.1 Å². The third-order valence-corrected chi connectivity index (χ3v) is 5.77. The van der Waals surface area contributed by atoms with E-state index in [4.69, 9.17) is 4.74 Å². The highest BCUT2D eigenvalue weighted by atomic mass is 32.2. The Morgan fingerprint density at radius 1 is 0.966 bits per heavy atom. The minimum atomic E-state index is -4.05. The van der Waals surface area contributed by atoms with Crippen molar-refractivity contribution in [1.29, 1.82) is 0 Å². The first-order valence-corrected chi connectivity index (χ1v) is 9.83. The molecule has 11 heteroatoms. The van der Waals surface area contributed by atoms with Crippen molar-refractivity contribution in [2.24, 2.45) is 0 Å². The molecule has 0 spiro atoms. The Bertz CT molecular complexity index is 992. The van der Waals surface area contributed by atoms with Gasteiger partial charge in [0.05, 0.1) is 18.6 Å². The molecule has 1 fully saturated rings. The number of carbonyl (C=O) groups excluding carboxylic acids is 2. The zero-order valence-electron chi connectivity index (χ0n) is 15.7. The molecule has 154 valence electrons. The quantitative estimate of drug-likeness (QED) is 0.409. The highest BCUT2D eigenvalue weighted by molar-refractivity contribution is 7.88. The lowest BCUT2D eigenvalue weighted by Gasteiger charge is -2.16. The van der Waals surface area contributed by atoms with Gasteiger partial charge < -0.3 is 4.74 Å². The molecule has 1 aliphatic rings. The second kappa shape index (κ2) is 9.15. The normalized spacial score (nSPS) is 15.0. The predicted octanol–water partition coefficient (Wildman–Crippen LogP) is 1.73. The summed E-state index contributed by atoms with van der Waals surface area (Å²) in [5.41, 5.74) is 0.728. The number of nitro groups is 1. The van der Waals surface area contributed by atoms with Crippen LogP contribution in [0.25, 0.3) is 0 Å². The summed E-state index contributed by atoms with van der Waals surface area (Å²) in [5.74, 6) is -1.42. The maximum atomic E-state index is 12.1. The van der Waals surface area contributed by atoms with Crippen LogP contribution in [0.15, 0.2) is 54.6 Å². The van der Waals surface area contributed by atoms with E-state index < -0.39 is 26.9 Å². The van der Waals surface area contributed by atoms with Gasteiger partial charge in [0.2, 0.25) is 0 Å². The van der Waals surface area contributed by atoms with Gasteiger partial charge >= 0.3 is 22.0 Å². The lowest BCUT2D eigenvalue weighted by Crippen LogP contribution is -2.34. The molecule has 0 bridgehead atoms. The van der Waals surface area contributed by atoms with Gasteiger partial charge in [-0.2, -0.15) is 8.42 Å². The highest BCUT2D eigenvalue weighted by Crippen LogP contribution is 2.22. The molecular weight excluding hydrogens is 402 g/mol. The van der Waals surface area contributed by atoms with Crippen LogP contribution in [0.5, 0.6) is 5.75 Å². The molecule has 1 aliphatic heterocycles. The standard InChI is InChI=1S/C12H14N2O5S.C6H5NO2/c1-3-13-11(15)12(16)14(20(13,17)18)8-9-4-6-10(19-2)7-5-9;8-7(9)6-4-2-1-3-5-6/h4-7H,3,8H2,1-2H3;1-5H. The van der Waals surface area contributed by atoms with E-state index in [9.17, 15) is 28.1 Å². The van der Waals surface area contributed by atoms with Gasteiger partial charge in [0.15, 0.2) is 0 Å². The number of benzene rings is 2. The molecule has 0 radical (unpaired) electrons. The van der Waals surface area contributed by atoms with Gasteiger partial charge in [0.1, 0.15) is 5.75 Å². The molecule has 1 heterocycles. The summed E-state index contributed by atoms with van der Waals surface area (Å²) in [6.07, 6.45) is 0. The molecule has 29 heavy (non-hydrogen) atoms. The number of hydrogen-bond acceptors (Lipinski definition) is 7. The fraction of sp³-hybridized carbons (Fsp3) is 0.222. The number of nitrogens with zero attached hydrogens (tertiary/aromatic N) is 3. The smallest absolute Gasteiger partial charge is 0.331 e. The molecule has 10 nitrogen and oxygen atoms in total. The molecule has 1 saturated heterocycles. The number of hydrogen-bond donors (Lipinski definition) is 0. The Morgan fingerprint density at radius 3 is 1.93 bits per heavy atom. The van der Waals surface area contributed by atoms with Crippen molar-refractivity contribution in [2.45, 2.75) is 13.5 Å². The van der Waals surface area contributed by atoms with Gasteiger partial charge in [-0.05, 0) is 24.6 Å². The van der Waals surface area contributed by atoms with E-state index in [0.29, 0.717) is 19.9 Å². The highest BCUT2D eigenvalue weighted by Gasteiger charge is 2.48. The van der Waals surface area contributed by atoms with Crippen molar-refractivity contribution in [2.75, 3.05) is 13.7 Å². The first kappa shape index (κ1) is 21.8. The molecule has 0 aliphatic carbocycles. The maximum absolute atomic E-state index is 12.1. The Hall–Kier alpha value is -3.47. The number of likely N-dealkylation sites (N-methyl/N-ethyl adjacent to an activating group) is 1. The van der Waals surface area contributed by atoms with Crippen LogP contribution in [-0.2, 0) is 26.3 Å². The molecule has 0 aromatic heterocycles. The second-order valence-corrected chi connectivity index (χ2v) is 7.51. The number of methoxy groups -OCH3 is 1. The van der Waals surface area contributed by atoms with E-state index >= 15 is 0 Å². The average molecular weight is 421 g/mol. The lowest BCUT2D eigenvalue weighted by molar-refractivity contribution is -0.384. The Labute approximate surface area is 167 Å². The third kappa shape index (κ3) is 4.88. The van der Waals surface area contributed by atoms with Gasteiger partial charge in [0, 0.05) is 18.7 Å². The van der Waals surface area contributed by atoms with E-state index in [-0.39, 0.29) is 18.8 Å². The van der Waals surface area contributed by atoms with Gasteiger partial charge in [-0.3, -0.25) is 19.7 Å². The van der Waals surface area contributed by atoms with E-state index in [1.807, 2.05) is 0 Å². The van der Waals surface area contributed by atoms with Crippen LogP contribution in [0.4, 0.5) is 5.69 Å². The number of amides is 2. The van der Waals surface area contributed by atoms with Crippen molar-refractivity contribution < 1.29 is 27.7 Å². The van der Waals surface area contributed by atoms with Crippen LogP contribution in [-0.4, -0.2) is 47.4 Å². The summed E-state index contributed by atoms with van der Waals surface area (Å²) in [6.45, 7) is 1.26. The molecule has 2 aromatic rings. The van der Waals surface area contributed by atoms with Crippen LogP contribution in [0.2, 0.25) is 0 Å². The largest absolute Gasteiger partial charge is 0.497 e. The number of carbonyl (C=O) groups is 2. The Morgan fingerprint density at radius 2 is 1.52 bits per heavy atom. The molecule has 3 rings (SSSR count). The Balaban J connectivity index is 0.000000278. The van der Waals surface area contributed by atoms with Gasteiger partial charge in [-0.25, -0.2) is 8.61 Å². The summed E-state index contributed by atoms with van der Waals surface area (Å²) < 4.78 is 30.3. The van der Waals surface area contributed by atoms with Gasteiger partial charge in [-0.15, -0.1) is 0 Å². The summed E-state index contributed by atoms with van der Waals surface area (Å²) in [5, 5.41) is 10.0. The van der Waals surface area contributed by atoms with Crippen LogP contribution >= 0.6 is 0 Å².